The maximum absolute atomic E-state index is 12.1. The van der Waals surface area contributed by atoms with Gasteiger partial charge in [0.05, 0.1) is 0 Å². The second-order valence-electron chi connectivity index (χ2n) is 5.20. The van der Waals surface area contributed by atoms with Gasteiger partial charge in [-0.3, -0.25) is 9.59 Å². The Hall–Kier alpha value is -1.10. The molecule has 18 heavy (non-hydrogen) atoms. The predicted molar refractivity (Wildman–Crippen MR) is 66.9 cm³/mol. The first-order valence-electron chi connectivity index (χ1n) is 6.82. The molecule has 0 aromatic carbocycles. The molecular formula is C13H22N2O3. The van der Waals surface area contributed by atoms with E-state index in [1.165, 1.54) is 0 Å². The first-order chi connectivity index (χ1) is 8.63. The Morgan fingerprint density at radius 3 is 2.83 bits per heavy atom. The predicted octanol–water partition coefficient (Wildman–Crippen LogP) is 0.539. The van der Waals surface area contributed by atoms with Crippen molar-refractivity contribution in [3.8, 4) is 0 Å². The van der Waals surface area contributed by atoms with Gasteiger partial charge >= 0.3 is 0 Å². The molecule has 2 aliphatic rings. The zero-order valence-electron chi connectivity index (χ0n) is 11.1. The number of nitrogens with one attached hydrogen (secondary N) is 1. The highest BCUT2D eigenvalue weighted by Gasteiger charge is 2.37. The van der Waals surface area contributed by atoms with Crippen molar-refractivity contribution in [1.29, 1.82) is 0 Å². The van der Waals surface area contributed by atoms with E-state index in [0.717, 1.165) is 26.1 Å². The van der Waals surface area contributed by atoms with Crippen LogP contribution in [0.5, 0.6) is 0 Å². The molecule has 2 saturated heterocycles. The lowest BCUT2D eigenvalue weighted by molar-refractivity contribution is -0.149. The van der Waals surface area contributed by atoms with Gasteiger partial charge in [-0.05, 0) is 32.1 Å². The van der Waals surface area contributed by atoms with Gasteiger partial charge in [-0.25, -0.2) is 0 Å². The SMILES string of the molecule is CCC1C(=O)NC(C)C(=O)N1CCC1CCOC1. The quantitative estimate of drug-likeness (QED) is 0.796. The molecule has 0 spiro atoms. The summed E-state index contributed by atoms with van der Waals surface area (Å²) in [5.41, 5.74) is 0. The molecule has 3 atom stereocenters. The Kier molecular flexibility index (Phi) is 4.22. The lowest BCUT2D eigenvalue weighted by atomic mass is 10.0. The molecule has 3 unspecified atom stereocenters. The zero-order chi connectivity index (χ0) is 13.1. The minimum Gasteiger partial charge on any atom is -0.381 e. The van der Waals surface area contributed by atoms with Crippen LogP contribution in [-0.2, 0) is 14.3 Å². The number of ether oxygens (including phenoxy) is 1. The molecule has 0 aromatic rings. The summed E-state index contributed by atoms with van der Waals surface area (Å²) in [7, 11) is 0. The van der Waals surface area contributed by atoms with E-state index < -0.39 is 0 Å². The van der Waals surface area contributed by atoms with E-state index in [0.29, 0.717) is 18.9 Å². The van der Waals surface area contributed by atoms with E-state index >= 15 is 0 Å². The van der Waals surface area contributed by atoms with Gasteiger partial charge in [0.1, 0.15) is 12.1 Å². The summed E-state index contributed by atoms with van der Waals surface area (Å²) in [6, 6.07) is -0.684. The number of rotatable bonds is 4. The summed E-state index contributed by atoms with van der Waals surface area (Å²) < 4.78 is 5.34. The maximum atomic E-state index is 12.1. The Labute approximate surface area is 108 Å². The van der Waals surface area contributed by atoms with Gasteiger partial charge in [-0.2, -0.15) is 0 Å². The van der Waals surface area contributed by atoms with Gasteiger partial charge < -0.3 is 15.0 Å². The summed E-state index contributed by atoms with van der Waals surface area (Å²) >= 11 is 0. The van der Waals surface area contributed by atoms with Gasteiger partial charge in [0.2, 0.25) is 11.8 Å². The van der Waals surface area contributed by atoms with Gasteiger partial charge in [0.25, 0.3) is 0 Å². The van der Waals surface area contributed by atoms with E-state index in [1.807, 2.05) is 6.92 Å². The van der Waals surface area contributed by atoms with Crippen LogP contribution in [0.3, 0.4) is 0 Å². The fourth-order valence-electron chi connectivity index (χ4n) is 2.72. The average Bonchev–Trinajstić information content (AvgIpc) is 2.85. The van der Waals surface area contributed by atoms with Gasteiger partial charge in [-0.1, -0.05) is 6.92 Å². The molecule has 2 aliphatic heterocycles. The number of carbonyl (C=O) groups excluding carboxylic acids is 2. The van der Waals surface area contributed by atoms with Crippen LogP contribution in [0.4, 0.5) is 0 Å². The zero-order valence-corrected chi connectivity index (χ0v) is 11.1. The van der Waals surface area contributed by atoms with Crippen LogP contribution in [0, 0.1) is 5.92 Å². The molecule has 1 N–H and O–H groups in total. The summed E-state index contributed by atoms with van der Waals surface area (Å²) in [6.07, 6.45) is 2.67. The van der Waals surface area contributed by atoms with Crippen molar-refractivity contribution in [1.82, 2.24) is 10.2 Å². The second kappa shape index (κ2) is 5.69. The third-order valence-electron chi connectivity index (χ3n) is 3.88. The van der Waals surface area contributed by atoms with Crippen LogP contribution in [0.2, 0.25) is 0 Å². The molecule has 0 aromatic heterocycles. The topological polar surface area (TPSA) is 58.6 Å². The molecule has 5 heteroatoms. The van der Waals surface area contributed by atoms with Crippen LogP contribution in [-0.4, -0.2) is 48.6 Å². The first kappa shape index (κ1) is 13.3. The summed E-state index contributed by atoms with van der Waals surface area (Å²) in [6.45, 7) is 5.98. The number of amides is 2. The molecule has 2 fully saturated rings. The molecule has 2 amide bonds. The minimum absolute atomic E-state index is 0.0210. The molecule has 5 nitrogen and oxygen atoms in total. The van der Waals surface area contributed by atoms with Crippen molar-refractivity contribution in [3.63, 3.8) is 0 Å². The number of carbonyl (C=O) groups is 2. The van der Waals surface area contributed by atoms with E-state index in [4.69, 9.17) is 4.74 Å². The number of nitrogens with zero attached hydrogens (tertiary/aromatic N) is 1. The molecule has 102 valence electrons. The Bertz CT molecular complexity index is 326. The third-order valence-corrected chi connectivity index (χ3v) is 3.88. The van der Waals surface area contributed by atoms with Crippen LogP contribution in [0.25, 0.3) is 0 Å². The Morgan fingerprint density at radius 1 is 1.44 bits per heavy atom. The largest absolute Gasteiger partial charge is 0.381 e. The normalized spacial score (nSPS) is 32.8. The highest BCUT2D eigenvalue weighted by Crippen LogP contribution is 2.20. The minimum atomic E-state index is -0.389. The van der Waals surface area contributed by atoms with Crippen LogP contribution >= 0.6 is 0 Å². The van der Waals surface area contributed by atoms with Gasteiger partial charge in [0, 0.05) is 19.8 Å². The summed E-state index contributed by atoms with van der Waals surface area (Å²) in [4.78, 5) is 25.7. The van der Waals surface area contributed by atoms with E-state index in [2.05, 4.69) is 5.32 Å². The highest BCUT2D eigenvalue weighted by molar-refractivity contribution is 5.96. The van der Waals surface area contributed by atoms with Crippen molar-refractivity contribution >= 4 is 11.8 Å². The van der Waals surface area contributed by atoms with Gasteiger partial charge in [-0.15, -0.1) is 0 Å². The fraction of sp³-hybridized carbons (Fsp3) is 0.846. The van der Waals surface area contributed by atoms with E-state index in [9.17, 15) is 9.59 Å². The summed E-state index contributed by atoms with van der Waals surface area (Å²) in [5.74, 6) is 0.559. The first-order valence-corrected chi connectivity index (χ1v) is 6.82. The molecule has 0 saturated carbocycles. The summed E-state index contributed by atoms with van der Waals surface area (Å²) in [5, 5.41) is 2.73. The molecule has 2 rings (SSSR count). The smallest absolute Gasteiger partial charge is 0.245 e. The Morgan fingerprint density at radius 2 is 2.22 bits per heavy atom. The fourth-order valence-corrected chi connectivity index (χ4v) is 2.72. The van der Waals surface area contributed by atoms with Crippen molar-refractivity contribution in [2.24, 2.45) is 5.92 Å². The van der Waals surface area contributed by atoms with Gasteiger partial charge in [0.15, 0.2) is 0 Å². The number of hydrogen-bond donors (Lipinski definition) is 1. The lowest BCUT2D eigenvalue weighted by Gasteiger charge is -2.38. The second-order valence-corrected chi connectivity index (χ2v) is 5.20. The number of piperazine rings is 1. The third kappa shape index (κ3) is 2.66. The molecule has 0 aliphatic carbocycles. The van der Waals surface area contributed by atoms with Crippen LogP contribution < -0.4 is 5.32 Å². The van der Waals surface area contributed by atoms with Crippen molar-refractivity contribution in [3.05, 3.63) is 0 Å². The molecule has 0 bridgehead atoms. The monoisotopic (exact) mass is 254 g/mol. The van der Waals surface area contributed by atoms with Crippen LogP contribution in [0.1, 0.15) is 33.1 Å². The highest BCUT2D eigenvalue weighted by atomic mass is 16.5. The standard InChI is InChI=1S/C13H22N2O3/c1-3-11-12(16)14-9(2)13(17)15(11)6-4-10-5-7-18-8-10/h9-11H,3-8H2,1-2H3,(H,14,16). The van der Waals surface area contributed by atoms with Crippen LogP contribution in [0.15, 0.2) is 0 Å². The average molecular weight is 254 g/mol. The molecule has 2 heterocycles. The maximum Gasteiger partial charge on any atom is 0.245 e. The van der Waals surface area contributed by atoms with E-state index in [-0.39, 0.29) is 23.9 Å². The lowest BCUT2D eigenvalue weighted by Crippen LogP contribution is -2.62. The molecule has 0 radical (unpaired) electrons. The molecular weight excluding hydrogens is 232 g/mol. The number of hydrogen-bond acceptors (Lipinski definition) is 3. The van der Waals surface area contributed by atoms with Crippen molar-refractivity contribution in [2.75, 3.05) is 19.8 Å². The Balaban J connectivity index is 1.96. The van der Waals surface area contributed by atoms with Crippen molar-refractivity contribution < 1.29 is 14.3 Å². The van der Waals surface area contributed by atoms with E-state index in [1.54, 1.807) is 11.8 Å². The van der Waals surface area contributed by atoms with Crippen molar-refractivity contribution in [2.45, 2.75) is 45.2 Å².